The average molecular weight is 231 g/mol. The molecule has 0 amide bonds. The third-order valence-corrected chi connectivity index (χ3v) is 4.10. The third kappa shape index (κ3) is 1.13. The van der Waals surface area contributed by atoms with Gasteiger partial charge in [0.15, 0.2) is 0 Å². The van der Waals surface area contributed by atoms with Gasteiger partial charge in [-0.05, 0) is 17.2 Å². The molecule has 0 saturated heterocycles. The van der Waals surface area contributed by atoms with Crippen molar-refractivity contribution in [3.63, 3.8) is 0 Å². The van der Waals surface area contributed by atoms with Gasteiger partial charge in [-0.25, -0.2) is 0 Å². The molecule has 0 bridgehead atoms. The minimum absolute atomic E-state index is 1.08. The van der Waals surface area contributed by atoms with Crippen molar-refractivity contribution in [1.29, 1.82) is 0 Å². The van der Waals surface area contributed by atoms with Gasteiger partial charge in [0.25, 0.3) is 0 Å². The van der Waals surface area contributed by atoms with E-state index < -0.39 is 0 Å². The molecule has 2 aromatic carbocycles. The summed E-state index contributed by atoms with van der Waals surface area (Å²) in [6.45, 7) is 0. The van der Waals surface area contributed by atoms with Crippen molar-refractivity contribution in [3.05, 3.63) is 53.6 Å². The van der Waals surface area contributed by atoms with E-state index in [0.717, 1.165) is 6.42 Å². The first kappa shape index (κ1) is 10.0. The smallest absolute Gasteiger partial charge is 0.139 e. The minimum atomic E-state index is 1.08. The van der Waals surface area contributed by atoms with Crippen LogP contribution in [0.3, 0.4) is 0 Å². The second kappa shape index (κ2) is 3.29. The Bertz CT molecular complexity index is 783. The molecule has 1 aliphatic rings. The summed E-state index contributed by atoms with van der Waals surface area (Å²) in [5.41, 5.74) is 8.46. The quantitative estimate of drug-likeness (QED) is 0.408. The molecule has 0 aliphatic heterocycles. The fourth-order valence-corrected chi connectivity index (χ4v) is 3.25. The van der Waals surface area contributed by atoms with Gasteiger partial charge in [-0.2, -0.15) is 0 Å². The van der Waals surface area contributed by atoms with Crippen LogP contribution in [0.25, 0.3) is 22.2 Å². The summed E-state index contributed by atoms with van der Waals surface area (Å²) in [6.07, 6.45) is 1.08. The lowest BCUT2D eigenvalue weighted by atomic mass is 9.94. The highest BCUT2D eigenvalue weighted by Gasteiger charge is 2.24. The molecule has 1 heterocycles. The summed E-state index contributed by atoms with van der Waals surface area (Å²) in [7, 11) is 4.35. The van der Waals surface area contributed by atoms with E-state index in [0.29, 0.717) is 0 Å². The Morgan fingerprint density at radius 1 is 1.11 bits per heavy atom. The van der Waals surface area contributed by atoms with Crippen molar-refractivity contribution < 1.29 is 0 Å². The number of fused-ring (bicyclic) bond motifs is 5. The minimum Gasteiger partial charge on any atom is -0.343 e. The highest BCUT2D eigenvalue weighted by Crippen LogP contribution is 2.41. The Morgan fingerprint density at radius 2 is 1.94 bits per heavy atom. The molecule has 1 nitrogen and oxygen atoms in total. The van der Waals surface area contributed by atoms with E-state index in [1.54, 1.807) is 0 Å². The van der Waals surface area contributed by atoms with Gasteiger partial charge < -0.3 is 4.57 Å². The Labute approximate surface area is 107 Å². The number of hydrogen-bond donors (Lipinski definition) is 0. The first-order valence-electron chi connectivity index (χ1n) is 6.42. The van der Waals surface area contributed by atoms with Gasteiger partial charge in [-0.15, -0.1) is 0 Å². The van der Waals surface area contributed by atoms with E-state index >= 15 is 0 Å². The Morgan fingerprint density at radius 3 is 2.83 bits per heavy atom. The largest absolute Gasteiger partial charge is 0.343 e. The van der Waals surface area contributed by atoms with E-state index in [2.05, 4.69) is 61.9 Å². The van der Waals surface area contributed by atoms with Crippen LogP contribution >= 0.6 is 0 Å². The number of benzene rings is 2. The Kier molecular flexibility index (Phi) is 1.83. The summed E-state index contributed by atoms with van der Waals surface area (Å²) in [4.78, 5) is 0. The van der Waals surface area contributed by atoms with Crippen LogP contribution in [0.2, 0.25) is 0 Å². The molecule has 0 unspecified atom stereocenters. The second-order valence-corrected chi connectivity index (χ2v) is 5.24. The van der Waals surface area contributed by atoms with Crippen LogP contribution in [0.15, 0.2) is 42.5 Å². The van der Waals surface area contributed by atoms with Gasteiger partial charge in [0, 0.05) is 29.9 Å². The lowest BCUT2D eigenvalue weighted by Gasteiger charge is -2.04. The van der Waals surface area contributed by atoms with Crippen LogP contribution in [0.1, 0.15) is 11.1 Å². The molecule has 0 radical (unpaired) electrons. The first-order valence-corrected chi connectivity index (χ1v) is 6.42. The predicted octanol–water partition coefficient (Wildman–Crippen LogP) is 2.01. The fourth-order valence-electron chi connectivity index (χ4n) is 3.25. The zero-order valence-electron chi connectivity index (χ0n) is 10.7. The topological polar surface area (TPSA) is 4.93 Å². The summed E-state index contributed by atoms with van der Waals surface area (Å²) < 4.78 is 2.34. The molecule has 0 N–H and O–H groups in total. The van der Waals surface area contributed by atoms with Crippen LogP contribution in [0.4, 0.5) is 0 Å². The maximum Gasteiger partial charge on any atom is 0.139 e. The predicted molar refractivity (Wildman–Crippen MR) is 79.3 cm³/mol. The Hall–Kier alpha value is -1.96. The standard InChI is InChI=1S/C16H14BN/c1-18-15-7-6-11(17)9-13(15)14-8-10-4-2-3-5-12(10)16(14)18/h2-7,9H,8,17H2,1H3. The van der Waals surface area contributed by atoms with Gasteiger partial charge in [-0.3, -0.25) is 0 Å². The summed E-state index contributed by atoms with van der Waals surface area (Å²) in [6, 6.07) is 15.5. The van der Waals surface area contributed by atoms with Crippen LogP contribution in [0, 0.1) is 0 Å². The van der Waals surface area contributed by atoms with Gasteiger partial charge in [-0.1, -0.05) is 41.9 Å². The molecule has 0 fully saturated rings. The second-order valence-electron chi connectivity index (χ2n) is 5.24. The highest BCUT2D eigenvalue weighted by atomic mass is 15.0. The Balaban J connectivity index is 2.15. The van der Waals surface area contributed by atoms with E-state index in [1.165, 1.54) is 38.8 Å². The van der Waals surface area contributed by atoms with Crippen molar-refractivity contribution in [1.82, 2.24) is 4.57 Å². The van der Waals surface area contributed by atoms with E-state index in [1.807, 2.05) is 0 Å². The molecule has 4 rings (SSSR count). The van der Waals surface area contributed by atoms with Crippen LogP contribution in [0.5, 0.6) is 0 Å². The fraction of sp³-hybridized carbons (Fsp3) is 0.125. The summed E-state index contributed by atoms with van der Waals surface area (Å²) in [5.74, 6) is 0. The normalized spacial score (nSPS) is 12.7. The maximum atomic E-state index is 2.34. The molecule has 0 atom stereocenters. The number of aromatic nitrogens is 1. The number of aryl methyl sites for hydroxylation is 1. The molecular formula is C16H14BN. The molecule has 0 spiro atoms. The van der Waals surface area contributed by atoms with Crippen LogP contribution < -0.4 is 5.46 Å². The van der Waals surface area contributed by atoms with Gasteiger partial charge in [0.05, 0.1) is 5.69 Å². The maximum absolute atomic E-state index is 2.34. The first-order chi connectivity index (χ1) is 8.75. The third-order valence-electron chi connectivity index (χ3n) is 4.10. The van der Waals surface area contributed by atoms with Crippen molar-refractivity contribution in [2.45, 2.75) is 6.42 Å². The zero-order chi connectivity index (χ0) is 12.3. The SMILES string of the molecule is Bc1ccc2c(c1)c1c(n2C)-c2ccccc2C1. The molecule has 2 heteroatoms. The van der Waals surface area contributed by atoms with Crippen molar-refractivity contribution in [2.75, 3.05) is 0 Å². The lowest BCUT2D eigenvalue weighted by Crippen LogP contribution is -2.00. The van der Waals surface area contributed by atoms with E-state index in [9.17, 15) is 0 Å². The van der Waals surface area contributed by atoms with E-state index in [4.69, 9.17) is 0 Å². The number of nitrogens with zero attached hydrogens (tertiary/aromatic N) is 1. The average Bonchev–Trinajstić information content (AvgIpc) is 2.87. The molecule has 86 valence electrons. The zero-order valence-corrected chi connectivity index (χ0v) is 10.7. The highest BCUT2D eigenvalue weighted by molar-refractivity contribution is 6.33. The van der Waals surface area contributed by atoms with Gasteiger partial charge in [0.1, 0.15) is 7.85 Å². The monoisotopic (exact) mass is 231 g/mol. The van der Waals surface area contributed by atoms with E-state index in [-0.39, 0.29) is 0 Å². The summed E-state index contributed by atoms with van der Waals surface area (Å²) in [5, 5.41) is 1.42. The molecule has 18 heavy (non-hydrogen) atoms. The lowest BCUT2D eigenvalue weighted by molar-refractivity contribution is 0.978. The molecule has 3 aromatic rings. The summed E-state index contributed by atoms with van der Waals surface area (Å²) >= 11 is 0. The van der Waals surface area contributed by atoms with Crippen molar-refractivity contribution in [2.24, 2.45) is 7.05 Å². The van der Waals surface area contributed by atoms with Crippen molar-refractivity contribution >= 4 is 24.2 Å². The van der Waals surface area contributed by atoms with Crippen molar-refractivity contribution in [3.8, 4) is 11.3 Å². The van der Waals surface area contributed by atoms with Gasteiger partial charge >= 0.3 is 0 Å². The van der Waals surface area contributed by atoms with Gasteiger partial charge in [0.2, 0.25) is 0 Å². The van der Waals surface area contributed by atoms with Crippen LogP contribution in [-0.2, 0) is 13.5 Å². The molecular weight excluding hydrogens is 217 g/mol. The van der Waals surface area contributed by atoms with Crippen LogP contribution in [-0.4, -0.2) is 12.4 Å². The number of hydrogen-bond acceptors (Lipinski definition) is 0. The molecule has 1 aliphatic carbocycles. The molecule has 0 saturated carbocycles. The number of rotatable bonds is 0. The molecule has 1 aromatic heterocycles.